The van der Waals surface area contributed by atoms with Crippen LogP contribution in [0.25, 0.3) is 10.9 Å². The van der Waals surface area contributed by atoms with Gasteiger partial charge in [0.1, 0.15) is 11.9 Å². The van der Waals surface area contributed by atoms with Crippen molar-refractivity contribution in [3.63, 3.8) is 0 Å². The second-order valence-corrected chi connectivity index (χ2v) is 8.83. The lowest BCUT2D eigenvalue weighted by atomic mass is 10.1. The van der Waals surface area contributed by atoms with E-state index in [1.165, 1.54) is 11.8 Å². The van der Waals surface area contributed by atoms with Crippen molar-refractivity contribution in [2.75, 3.05) is 13.1 Å². The number of nitrogens with zero attached hydrogens (tertiary/aromatic N) is 3. The molecule has 2 unspecified atom stereocenters. The van der Waals surface area contributed by atoms with E-state index in [4.69, 9.17) is 11.1 Å². The van der Waals surface area contributed by atoms with Crippen LogP contribution in [-0.4, -0.2) is 57.2 Å². The number of aryl methyl sites for hydroxylation is 2. The number of rotatable bonds is 7. The van der Waals surface area contributed by atoms with E-state index >= 15 is 0 Å². The zero-order valence-corrected chi connectivity index (χ0v) is 18.8. The Hall–Kier alpha value is -3.09. The van der Waals surface area contributed by atoms with Crippen molar-refractivity contribution in [3.05, 3.63) is 48.2 Å². The molecule has 0 bridgehead atoms. The van der Waals surface area contributed by atoms with Gasteiger partial charge in [0, 0.05) is 42.5 Å². The summed E-state index contributed by atoms with van der Waals surface area (Å²) in [5.74, 6) is 0.0321. The fourth-order valence-electron chi connectivity index (χ4n) is 5.40. The van der Waals surface area contributed by atoms with Gasteiger partial charge in [0.05, 0.1) is 0 Å². The molecular formula is C25H33N5O2. The van der Waals surface area contributed by atoms with Gasteiger partial charge in [0.2, 0.25) is 11.8 Å². The Morgan fingerprint density at radius 2 is 1.94 bits per heavy atom. The topological polar surface area (TPSA) is 95.4 Å². The van der Waals surface area contributed by atoms with Crippen molar-refractivity contribution in [2.45, 2.75) is 64.1 Å². The number of carbonyl (C=O) groups is 2. The number of benzene rings is 1. The molecule has 4 rings (SSSR count). The zero-order chi connectivity index (χ0) is 22.8. The Balaban J connectivity index is 1.49. The number of carbonyl (C=O) groups excluding carboxylic acids is 2. The van der Waals surface area contributed by atoms with Crippen LogP contribution in [0.2, 0.25) is 0 Å². The molecule has 32 heavy (non-hydrogen) atoms. The first-order valence-electron chi connectivity index (χ1n) is 11.6. The van der Waals surface area contributed by atoms with E-state index in [0.29, 0.717) is 6.54 Å². The number of hydrogen-bond acceptors (Lipinski definition) is 3. The quantitative estimate of drug-likeness (QED) is 0.397. The van der Waals surface area contributed by atoms with Crippen molar-refractivity contribution in [1.82, 2.24) is 14.4 Å². The molecule has 2 aliphatic heterocycles. The van der Waals surface area contributed by atoms with Crippen LogP contribution in [-0.2, 0) is 22.6 Å². The van der Waals surface area contributed by atoms with Gasteiger partial charge in [-0.2, -0.15) is 0 Å². The molecule has 7 nitrogen and oxygen atoms in total. The van der Waals surface area contributed by atoms with Crippen LogP contribution in [0.15, 0.2) is 36.9 Å². The monoisotopic (exact) mass is 435 g/mol. The Kier molecular flexibility index (Phi) is 6.35. The molecule has 3 N–H and O–H groups in total. The second-order valence-electron chi connectivity index (χ2n) is 8.83. The molecule has 170 valence electrons. The van der Waals surface area contributed by atoms with Crippen molar-refractivity contribution < 1.29 is 9.59 Å². The lowest BCUT2D eigenvalue weighted by Crippen LogP contribution is -2.49. The smallest absolute Gasteiger partial charge is 0.246 e. The minimum Gasteiger partial charge on any atom is -0.384 e. The third kappa shape index (κ3) is 4.04. The number of likely N-dealkylation sites (tertiary alicyclic amines) is 2. The molecule has 2 atom stereocenters. The number of nitrogens with two attached hydrogens (primary N) is 1. The Morgan fingerprint density at radius 1 is 1.19 bits per heavy atom. The summed E-state index contributed by atoms with van der Waals surface area (Å²) < 4.78 is 2.28. The van der Waals surface area contributed by atoms with E-state index in [1.807, 2.05) is 23.1 Å². The van der Waals surface area contributed by atoms with E-state index in [2.05, 4.69) is 24.1 Å². The highest BCUT2D eigenvalue weighted by molar-refractivity contribution is 5.98. The van der Waals surface area contributed by atoms with Gasteiger partial charge in [0.25, 0.3) is 0 Å². The fraction of sp³-hybridized carbons (Fsp3) is 0.480. The minimum absolute atomic E-state index is 0.0771. The van der Waals surface area contributed by atoms with Crippen molar-refractivity contribution >= 4 is 28.6 Å². The minimum atomic E-state index is -0.340. The summed E-state index contributed by atoms with van der Waals surface area (Å²) in [6.45, 7) is 7.96. The van der Waals surface area contributed by atoms with Gasteiger partial charge >= 0.3 is 0 Å². The molecule has 0 radical (unpaired) electrons. The number of aromatic nitrogens is 1. The highest BCUT2D eigenvalue weighted by Crippen LogP contribution is 2.29. The zero-order valence-electron chi connectivity index (χ0n) is 18.8. The standard InChI is InChI=1S/C25H33N5O2/c1-3-23(31)30-14-6-8-21(30)25(32)29-13-5-7-19(29)11-12-20-15-17-9-10-18(24(26)27)16-22(17)28(20)4-2/h3,9-10,15-16,19,21H,1,4-8,11-14H2,2H3,(H3,26,27). The maximum absolute atomic E-state index is 13.3. The molecule has 7 heteroatoms. The highest BCUT2D eigenvalue weighted by Gasteiger charge is 2.39. The first kappa shape index (κ1) is 22.1. The first-order chi connectivity index (χ1) is 15.4. The van der Waals surface area contributed by atoms with Crippen LogP contribution < -0.4 is 5.73 Å². The average molecular weight is 436 g/mol. The second kappa shape index (κ2) is 9.18. The SMILES string of the molecule is C=CC(=O)N1CCCC1C(=O)N1CCCC1CCc1cc2ccc(C(=N)N)cc2n1CC. The molecule has 2 amide bonds. The Labute approximate surface area is 189 Å². The van der Waals surface area contributed by atoms with Gasteiger partial charge in [0.15, 0.2) is 0 Å². The molecule has 1 aromatic heterocycles. The molecule has 0 aliphatic carbocycles. The molecule has 0 spiro atoms. The van der Waals surface area contributed by atoms with Crippen LogP contribution in [0.3, 0.4) is 0 Å². The largest absolute Gasteiger partial charge is 0.384 e. The number of nitrogens with one attached hydrogen (secondary N) is 1. The molecule has 2 fully saturated rings. The lowest BCUT2D eigenvalue weighted by molar-refractivity contribution is -0.142. The number of amidine groups is 1. The molecular weight excluding hydrogens is 402 g/mol. The summed E-state index contributed by atoms with van der Waals surface area (Å²) in [5, 5.41) is 8.88. The normalized spacial score (nSPS) is 20.8. The first-order valence-corrected chi connectivity index (χ1v) is 11.6. The van der Waals surface area contributed by atoms with E-state index in [1.54, 1.807) is 4.90 Å². The van der Waals surface area contributed by atoms with Crippen LogP contribution in [0, 0.1) is 5.41 Å². The molecule has 2 aliphatic rings. The third-order valence-corrected chi connectivity index (χ3v) is 7.01. The van der Waals surface area contributed by atoms with Crippen LogP contribution in [0.1, 0.15) is 50.3 Å². The molecule has 0 saturated carbocycles. The number of hydrogen-bond donors (Lipinski definition) is 2. The number of amides is 2. The van der Waals surface area contributed by atoms with Crippen molar-refractivity contribution in [3.8, 4) is 0 Å². The van der Waals surface area contributed by atoms with Crippen LogP contribution >= 0.6 is 0 Å². The summed E-state index contributed by atoms with van der Waals surface area (Å²) in [6.07, 6.45) is 6.73. The summed E-state index contributed by atoms with van der Waals surface area (Å²) >= 11 is 0. The Morgan fingerprint density at radius 3 is 2.66 bits per heavy atom. The molecule has 3 heterocycles. The highest BCUT2D eigenvalue weighted by atomic mass is 16.2. The van der Waals surface area contributed by atoms with Crippen LogP contribution in [0.4, 0.5) is 0 Å². The molecule has 2 aromatic rings. The van der Waals surface area contributed by atoms with Gasteiger partial charge in [-0.05, 0) is 69.0 Å². The molecule has 2 saturated heterocycles. The van der Waals surface area contributed by atoms with Gasteiger partial charge < -0.3 is 20.1 Å². The summed E-state index contributed by atoms with van der Waals surface area (Å²) in [5.41, 5.74) is 8.76. The number of fused-ring (bicyclic) bond motifs is 1. The van der Waals surface area contributed by atoms with Gasteiger partial charge in [-0.15, -0.1) is 0 Å². The fourth-order valence-corrected chi connectivity index (χ4v) is 5.40. The lowest BCUT2D eigenvalue weighted by Gasteiger charge is -2.31. The van der Waals surface area contributed by atoms with E-state index in [9.17, 15) is 9.59 Å². The van der Waals surface area contributed by atoms with Gasteiger partial charge in [-0.25, -0.2) is 0 Å². The predicted molar refractivity (Wildman–Crippen MR) is 127 cm³/mol. The van der Waals surface area contributed by atoms with E-state index in [-0.39, 0.29) is 29.7 Å². The van der Waals surface area contributed by atoms with Crippen LogP contribution in [0.5, 0.6) is 0 Å². The Bertz CT molecular complexity index is 1060. The number of nitrogen functional groups attached to an aromatic ring is 1. The van der Waals surface area contributed by atoms with Gasteiger partial charge in [-0.1, -0.05) is 18.7 Å². The molecule has 1 aromatic carbocycles. The average Bonchev–Trinajstić information content (AvgIpc) is 3.53. The summed E-state index contributed by atoms with van der Waals surface area (Å²) in [7, 11) is 0. The van der Waals surface area contributed by atoms with Crippen molar-refractivity contribution in [2.24, 2.45) is 5.73 Å². The van der Waals surface area contributed by atoms with Crippen molar-refractivity contribution in [1.29, 1.82) is 5.41 Å². The maximum Gasteiger partial charge on any atom is 0.246 e. The summed E-state index contributed by atoms with van der Waals surface area (Å²) in [6, 6.07) is 7.99. The van der Waals surface area contributed by atoms with E-state index < -0.39 is 0 Å². The van der Waals surface area contributed by atoms with Gasteiger partial charge in [-0.3, -0.25) is 15.0 Å². The van der Waals surface area contributed by atoms with E-state index in [0.717, 1.165) is 68.1 Å². The third-order valence-electron chi connectivity index (χ3n) is 7.01. The summed E-state index contributed by atoms with van der Waals surface area (Å²) in [4.78, 5) is 29.2. The maximum atomic E-state index is 13.3. The predicted octanol–water partition coefficient (Wildman–Crippen LogP) is 3.05.